The van der Waals surface area contributed by atoms with Crippen LogP contribution in [0.5, 0.6) is 0 Å². The first kappa shape index (κ1) is 16.8. The molecule has 0 aliphatic heterocycles. The first-order chi connectivity index (χ1) is 8.51. The monoisotopic (exact) mass is 278 g/mol. The Morgan fingerprint density at radius 3 is 2.21 bits per heavy atom. The van der Waals surface area contributed by atoms with Crippen molar-refractivity contribution in [3.63, 3.8) is 0 Å². The fourth-order valence-electron chi connectivity index (χ4n) is 1.53. The van der Waals surface area contributed by atoms with E-state index < -0.39 is 5.97 Å². The molecule has 0 aliphatic rings. The molecule has 100 valence electrons. The van der Waals surface area contributed by atoms with Gasteiger partial charge in [0, 0.05) is 25.4 Å². The number of nitriles is 1. The molecule has 0 bridgehead atoms. The number of anilines is 1. The molecular formula is C14H15ClN2O2. The van der Waals surface area contributed by atoms with Crippen molar-refractivity contribution < 1.29 is 9.90 Å². The maximum atomic E-state index is 10.9. The third-order valence-corrected chi connectivity index (χ3v) is 2.49. The average Bonchev–Trinajstić information content (AvgIpc) is 2.35. The van der Waals surface area contributed by atoms with Gasteiger partial charge in [0.2, 0.25) is 0 Å². The summed E-state index contributed by atoms with van der Waals surface area (Å²) < 4.78 is 0. The molecule has 1 aromatic carbocycles. The Morgan fingerprint density at radius 1 is 1.37 bits per heavy atom. The van der Waals surface area contributed by atoms with E-state index in [1.54, 1.807) is 18.2 Å². The molecule has 4 nitrogen and oxygen atoms in total. The molecule has 1 aromatic rings. The van der Waals surface area contributed by atoms with Gasteiger partial charge in [-0.15, -0.1) is 12.4 Å². The third-order valence-electron chi connectivity index (χ3n) is 2.49. The lowest BCUT2D eigenvalue weighted by Crippen LogP contribution is -2.08. The molecule has 0 heterocycles. The van der Waals surface area contributed by atoms with Crippen LogP contribution < -0.4 is 4.90 Å². The second-order valence-corrected chi connectivity index (χ2v) is 3.85. The molecule has 19 heavy (non-hydrogen) atoms. The molecule has 1 N–H and O–H groups in total. The second kappa shape index (κ2) is 7.24. The highest BCUT2D eigenvalue weighted by Gasteiger charge is 2.13. The highest BCUT2D eigenvalue weighted by atomic mass is 35.5. The van der Waals surface area contributed by atoms with Gasteiger partial charge >= 0.3 is 5.97 Å². The van der Waals surface area contributed by atoms with Crippen molar-refractivity contribution >= 4 is 29.6 Å². The SMILES string of the molecule is C=CC(=C(C#N)C(=O)O)c1ccc(N(C)C)cc1.Cl. The Kier molecular flexibility index (Phi) is 6.39. The van der Waals surface area contributed by atoms with Crippen molar-refractivity contribution in [3.05, 3.63) is 48.1 Å². The molecule has 0 atom stereocenters. The Bertz CT molecular complexity index is 540. The Balaban J connectivity index is 0.00000324. The molecule has 5 heteroatoms. The van der Waals surface area contributed by atoms with Crippen molar-refractivity contribution in [2.24, 2.45) is 0 Å². The van der Waals surface area contributed by atoms with Gasteiger partial charge < -0.3 is 10.0 Å². The fraction of sp³-hybridized carbons (Fsp3) is 0.143. The number of hydrogen-bond acceptors (Lipinski definition) is 3. The molecule has 0 aliphatic carbocycles. The van der Waals surface area contributed by atoms with E-state index in [-0.39, 0.29) is 18.0 Å². The van der Waals surface area contributed by atoms with Gasteiger partial charge in [-0.25, -0.2) is 4.79 Å². The van der Waals surface area contributed by atoms with Crippen molar-refractivity contribution in [3.8, 4) is 6.07 Å². The summed E-state index contributed by atoms with van der Waals surface area (Å²) in [6, 6.07) is 8.94. The maximum absolute atomic E-state index is 10.9. The molecule has 0 spiro atoms. The van der Waals surface area contributed by atoms with Crippen molar-refractivity contribution in [1.29, 1.82) is 5.26 Å². The van der Waals surface area contributed by atoms with E-state index in [1.807, 2.05) is 31.1 Å². The van der Waals surface area contributed by atoms with E-state index in [9.17, 15) is 4.79 Å². The normalized spacial score (nSPS) is 10.6. The number of aliphatic carboxylic acids is 1. The first-order valence-corrected chi connectivity index (χ1v) is 5.29. The number of benzene rings is 1. The number of carboxylic acid groups (broad SMARTS) is 1. The van der Waals surface area contributed by atoms with Crippen LogP contribution >= 0.6 is 12.4 Å². The van der Waals surface area contributed by atoms with Gasteiger partial charge in [-0.3, -0.25) is 0 Å². The summed E-state index contributed by atoms with van der Waals surface area (Å²) in [5, 5.41) is 17.8. The van der Waals surface area contributed by atoms with Crippen molar-refractivity contribution in [2.45, 2.75) is 0 Å². The third kappa shape index (κ3) is 3.87. The van der Waals surface area contributed by atoms with Gasteiger partial charge in [0.1, 0.15) is 11.6 Å². The van der Waals surface area contributed by atoms with Gasteiger partial charge in [0.05, 0.1) is 0 Å². The van der Waals surface area contributed by atoms with E-state index in [4.69, 9.17) is 10.4 Å². The molecule has 0 saturated carbocycles. The minimum atomic E-state index is -1.25. The van der Waals surface area contributed by atoms with Gasteiger partial charge in [0.25, 0.3) is 0 Å². The van der Waals surface area contributed by atoms with Gasteiger partial charge in [-0.1, -0.05) is 24.8 Å². The van der Waals surface area contributed by atoms with Crippen molar-refractivity contribution in [2.75, 3.05) is 19.0 Å². The lowest BCUT2D eigenvalue weighted by molar-refractivity contribution is -0.132. The van der Waals surface area contributed by atoms with Crippen LogP contribution in [0.4, 0.5) is 5.69 Å². The van der Waals surface area contributed by atoms with E-state index in [1.165, 1.54) is 6.08 Å². The summed E-state index contributed by atoms with van der Waals surface area (Å²) in [5.74, 6) is -1.25. The Labute approximate surface area is 118 Å². The van der Waals surface area contributed by atoms with Gasteiger partial charge in [-0.05, 0) is 17.7 Å². The van der Waals surface area contributed by atoms with Crippen molar-refractivity contribution in [1.82, 2.24) is 0 Å². The van der Waals surface area contributed by atoms with E-state index >= 15 is 0 Å². The molecule has 0 aromatic heterocycles. The van der Waals surface area contributed by atoms with Crippen LogP contribution in [0.3, 0.4) is 0 Å². The van der Waals surface area contributed by atoms with Crippen LogP contribution in [0.1, 0.15) is 5.56 Å². The minimum absolute atomic E-state index is 0. The first-order valence-electron chi connectivity index (χ1n) is 5.29. The summed E-state index contributed by atoms with van der Waals surface area (Å²) in [4.78, 5) is 12.9. The number of hydrogen-bond donors (Lipinski definition) is 1. The summed E-state index contributed by atoms with van der Waals surface area (Å²) in [5.41, 5.74) is 1.68. The fourth-order valence-corrected chi connectivity index (χ4v) is 1.53. The topological polar surface area (TPSA) is 64.3 Å². The van der Waals surface area contributed by atoms with Crippen LogP contribution in [0.15, 0.2) is 42.5 Å². The molecule has 0 radical (unpaired) electrons. The lowest BCUT2D eigenvalue weighted by Gasteiger charge is -2.13. The van der Waals surface area contributed by atoms with Gasteiger partial charge in [-0.2, -0.15) is 5.26 Å². The minimum Gasteiger partial charge on any atom is -0.477 e. The number of carbonyl (C=O) groups is 1. The quantitative estimate of drug-likeness (QED) is 0.522. The zero-order valence-electron chi connectivity index (χ0n) is 10.8. The van der Waals surface area contributed by atoms with Gasteiger partial charge in [0.15, 0.2) is 0 Å². The number of rotatable bonds is 4. The Morgan fingerprint density at radius 2 is 1.89 bits per heavy atom. The zero-order chi connectivity index (χ0) is 13.7. The number of allylic oxidation sites excluding steroid dienone is 2. The van der Waals surface area contributed by atoms with Crippen LogP contribution in [-0.4, -0.2) is 25.2 Å². The van der Waals surface area contributed by atoms with E-state index in [2.05, 4.69) is 6.58 Å². The zero-order valence-corrected chi connectivity index (χ0v) is 11.6. The second-order valence-electron chi connectivity index (χ2n) is 3.85. The molecule has 1 rings (SSSR count). The highest BCUT2D eigenvalue weighted by Crippen LogP contribution is 2.22. The summed E-state index contributed by atoms with van der Waals surface area (Å²) in [6.45, 7) is 3.56. The van der Waals surface area contributed by atoms with Crippen LogP contribution in [0.25, 0.3) is 5.57 Å². The number of nitrogens with zero attached hydrogens (tertiary/aromatic N) is 2. The van der Waals surface area contributed by atoms with Crippen LogP contribution in [0, 0.1) is 11.3 Å². The number of carboxylic acids is 1. The van der Waals surface area contributed by atoms with E-state index in [0.717, 1.165) is 5.69 Å². The highest BCUT2D eigenvalue weighted by molar-refractivity contribution is 6.02. The summed E-state index contributed by atoms with van der Waals surface area (Å²) >= 11 is 0. The lowest BCUT2D eigenvalue weighted by atomic mass is 10.00. The molecule has 0 amide bonds. The standard InChI is InChI=1S/C14H14N2O2.ClH/c1-4-12(13(9-15)14(17)18)10-5-7-11(8-6-10)16(2)3;/h4-8H,1H2,2-3H3,(H,17,18);1H. The Hall–Kier alpha value is -2.25. The molecule has 0 saturated heterocycles. The predicted octanol–water partition coefficient (Wildman–Crippen LogP) is 2.72. The average molecular weight is 279 g/mol. The molecular weight excluding hydrogens is 264 g/mol. The smallest absolute Gasteiger partial charge is 0.347 e. The maximum Gasteiger partial charge on any atom is 0.347 e. The largest absolute Gasteiger partial charge is 0.477 e. The van der Waals surface area contributed by atoms with E-state index in [0.29, 0.717) is 11.1 Å². The van der Waals surface area contributed by atoms with Crippen LogP contribution in [0.2, 0.25) is 0 Å². The number of halogens is 1. The summed E-state index contributed by atoms with van der Waals surface area (Å²) in [6.07, 6.45) is 1.39. The molecule has 0 fully saturated rings. The molecule has 0 unspecified atom stereocenters. The summed E-state index contributed by atoms with van der Waals surface area (Å²) in [7, 11) is 3.83. The predicted molar refractivity (Wildman–Crippen MR) is 78.4 cm³/mol. The van der Waals surface area contributed by atoms with Crippen LogP contribution in [-0.2, 0) is 4.79 Å².